The number of aryl methyl sites for hydroxylation is 3. The maximum Gasteiger partial charge on any atom is 0.252 e. The third-order valence-corrected chi connectivity index (χ3v) is 2.88. The van der Waals surface area contributed by atoms with Gasteiger partial charge in [0.15, 0.2) is 0 Å². The molecule has 1 amide bonds. The van der Waals surface area contributed by atoms with Gasteiger partial charge in [-0.3, -0.25) is 4.79 Å². The van der Waals surface area contributed by atoms with E-state index in [2.05, 4.69) is 15.4 Å². The molecule has 0 spiro atoms. The third-order valence-electron chi connectivity index (χ3n) is 2.88. The van der Waals surface area contributed by atoms with E-state index in [0.717, 1.165) is 22.4 Å². The van der Waals surface area contributed by atoms with E-state index < -0.39 is 0 Å². The van der Waals surface area contributed by atoms with Crippen molar-refractivity contribution in [1.82, 2.24) is 14.8 Å². The molecule has 0 aliphatic heterocycles. The van der Waals surface area contributed by atoms with E-state index in [1.165, 1.54) is 11.0 Å². The van der Waals surface area contributed by atoms with Crippen LogP contribution in [-0.2, 0) is 11.3 Å². The van der Waals surface area contributed by atoms with Crippen molar-refractivity contribution >= 4 is 11.6 Å². The van der Waals surface area contributed by atoms with Crippen molar-refractivity contribution in [3.05, 3.63) is 41.0 Å². The second-order valence-corrected chi connectivity index (χ2v) is 4.70. The first-order valence-corrected chi connectivity index (χ1v) is 6.17. The SMILES string of the molecule is Cc1cc(C)c(NC(=O)Cn2cnc(C#N)n2)c(C)c1. The number of nitrogens with zero attached hydrogens (tertiary/aromatic N) is 4. The monoisotopic (exact) mass is 269 g/mol. The summed E-state index contributed by atoms with van der Waals surface area (Å²) in [7, 11) is 0. The molecule has 0 fully saturated rings. The minimum Gasteiger partial charge on any atom is -0.324 e. The van der Waals surface area contributed by atoms with Gasteiger partial charge in [-0.15, -0.1) is 5.10 Å². The van der Waals surface area contributed by atoms with Crippen LogP contribution >= 0.6 is 0 Å². The number of benzene rings is 1. The van der Waals surface area contributed by atoms with Crippen LogP contribution < -0.4 is 5.32 Å². The Morgan fingerprint density at radius 2 is 2.00 bits per heavy atom. The molecule has 1 aromatic carbocycles. The van der Waals surface area contributed by atoms with E-state index in [1.54, 1.807) is 0 Å². The Morgan fingerprint density at radius 1 is 1.35 bits per heavy atom. The number of rotatable bonds is 3. The summed E-state index contributed by atoms with van der Waals surface area (Å²) in [4.78, 5) is 15.7. The molecule has 2 aromatic rings. The van der Waals surface area contributed by atoms with Crippen molar-refractivity contribution in [2.24, 2.45) is 0 Å². The number of carbonyl (C=O) groups is 1. The average Bonchev–Trinajstić information content (AvgIpc) is 2.81. The van der Waals surface area contributed by atoms with Crippen LogP contribution in [0.15, 0.2) is 18.5 Å². The molecule has 102 valence electrons. The zero-order valence-corrected chi connectivity index (χ0v) is 11.6. The summed E-state index contributed by atoms with van der Waals surface area (Å²) in [6, 6.07) is 5.86. The number of nitriles is 1. The first kappa shape index (κ1) is 13.7. The molecule has 6 nitrogen and oxygen atoms in total. The summed E-state index contributed by atoms with van der Waals surface area (Å²) in [5.74, 6) is -0.144. The molecule has 1 N–H and O–H groups in total. The summed E-state index contributed by atoms with van der Waals surface area (Å²) < 4.78 is 1.34. The predicted molar refractivity (Wildman–Crippen MR) is 74.0 cm³/mol. The number of amides is 1. The van der Waals surface area contributed by atoms with E-state index in [4.69, 9.17) is 5.26 Å². The molecule has 0 radical (unpaired) electrons. The van der Waals surface area contributed by atoms with Gasteiger partial charge in [0.2, 0.25) is 5.91 Å². The molecule has 0 aliphatic carbocycles. The van der Waals surface area contributed by atoms with Gasteiger partial charge >= 0.3 is 0 Å². The molecule has 0 saturated heterocycles. The molecule has 0 unspecified atom stereocenters. The highest BCUT2D eigenvalue weighted by Crippen LogP contribution is 2.21. The molecule has 0 bridgehead atoms. The number of carbonyl (C=O) groups excluding carboxylic acids is 1. The fourth-order valence-corrected chi connectivity index (χ4v) is 2.13. The Labute approximate surface area is 117 Å². The molecule has 0 atom stereocenters. The van der Waals surface area contributed by atoms with Crippen LogP contribution in [-0.4, -0.2) is 20.7 Å². The number of aromatic nitrogens is 3. The maximum atomic E-state index is 12.0. The standard InChI is InChI=1S/C14H15N5O/c1-9-4-10(2)14(11(3)5-9)17-13(20)7-19-8-16-12(6-15)18-19/h4-5,8H,7H2,1-3H3,(H,17,20). The van der Waals surface area contributed by atoms with E-state index >= 15 is 0 Å². The largest absolute Gasteiger partial charge is 0.324 e. The highest BCUT2D eigenvalue weighted by atomic mass is 16.2. The Bertz CT molecular complexity index is 673. The maximum absolute atomic E-state index is 12.0. The predicted octanol–water partition coefficient (Wildman–Crippen LogP) is 1.71. The highest BCUT2D eigenvalue weighted by Gasteiger charge is 2.10. The van der Waals surface area contributed by atoms with Crippen molar-refractivity contribution in [2.45, 2.75) is 27.3 Å². The second-order valence-electron chi connectivity index (χ2n) is 4.70. The highest BCUT2D eigenvalue weighted by molar-refractivity contribution is 5.92. The van der Waals surface area contributed by atoms with Crippen LogP contribution in [0, 0.1) is 32.1 Å². The van der Waals surface area contributed by atoms with E-state index in [-0.39, 0.29) is 18.3 Å². The van der Waals surface area contributed by atoms with Crippen molar-refractivity contribution in [2.75, 3.05) is 5.32 Å². The van der Waals surface area contributed by atoms with E-state index in [0.29, 0.717) is 0 Å². The summed E-state index contributed by atoms with van der Waals surface area (Å²) in [6.45, 7) is 5.96. The number of hydrogen-bond donors (Lipinski definition) is 1. The molecule has 20 heavy (non-hydrogen) atoms. The van der Waals surface area contributed by atoms with Crippen molar-refractivity contribution in [3.63, 3.8) is 0 Å². The van der Waals surface area contributed by atoms with Crippen molar-refractivity contribution in [3.8, 4) is 6.07 Å². The number of hydrogen-bond acceptors (Lipinski definition) is 4. The minimum absolute atomic E-state index is 0.0292. The molecule has 0 saturated carbocycles. The van der Waals surface area contributed by atoms with E-state index in [9.17, 15) is 4.79 Å². The lowest BCUT2D eigenvalue weighted by molar-refractivity contribution is -0.116. The van der Waals surface area contributed by atoms with Gasteiger partial charge in [-0.2, -0.15) is 5.26 Å². The molecular weight excluding hydrogens is 254 g/mol. The zero-order valence-electron chi connectivity index (χ0n) is 11.6. The van der Waals surface area contributed by atoms with Gasteiger partial charge in [0, 0.05) is 5.69 Å². The summed E-state index contributed by atoms with van der Waals surface area (Å²) >= 11 is 0. The first-order chi connectivity index (χ1) is 9.49. The number of nitrogens with one attached hydrogen (secondary N) is 1. The Hall–Kier alpha value is -2.68. The van der Waals surface area contributed by atoms with Crippen LogP contribution in [0.5, 0.6) is 0 Å². The van der Waals surface area contributed by atoms with Crippen LogP contribution in [0.1, 0.15) is 22.5 Å². The van der Waals surface area contributed by atoms with Gasteiger partial charge in [-0.05, 0) is 31.9 Å². The van der Waals surface area contributed by atoms with Crippen LogP contribution in [0.2, 0.25) is 0 Å². The number of anilines is 1. The van der Waals surface area contributed by atoms with Gasteiger partial charge in [-0.1, -0.05) is 17.7 Å². The van der Waals surface area contributed by atoms with Gasteiger partial charge in [0.25, 0.3) is 5.82 Å². The van der Waals surface area contributed by atoms with Gasteiger partial charge in [0.1, 0.15) is 18.9 Å². The normalized spacial score (nSPS) is 10.1. The van der Waals surface area contributed by atoms with Crippen molar-refractivity contribution in [1.29, 1.82) is 5.26 Å². The summed E-state index contributed by atoms with van der Waals surface area (Å²) in [6.07, 6.45) is 1.37. The van der Waals surface area contributed by atoms with E-state index in [1.807, 2.05) is 39.0 Å². The van der Waals surface area contributed by atoms with Crippen LogP contribution in [0.25, 0.3) is 0 Å². The first-order valence-electron chi connectivity index (χ1n) is 6.17. The van der Waals surface area contributed by atoms with Gasteiger partial charge in [0.05, 0.1) is 0 Å². The molecule has 0 aliphatic rings. The third kappa shape index (κ3) is 3.01. The lowest BCUT2D eigenvalue weighted by Gasteiger charge is -2.12. The molecule has 1 aromatic heterocycles. The Morgan fingerprint density at radius 3 is 2.55 bits per heavy atom. The summed E-state index contributed by atoms with van der Waals surface area (Å²) in [5.41, 5.74) is 4.02. The average molecular weight is 269 g/mol. The van der Waals surface area contributed by atoms with Crippen LogP contribution in [0.3, 0.4) is 0 Å². The molecular formula is C14H15N5O. The molecule has 2 rings (SSSR count). The van der Waals surface area contributed by atoms with Crippen molar-refractivity contribution < 1.29 is 4.79 Å². The Balaban J connectivity index is 2.11. The summed E-state index contributed by atoms with van der Waals surface area (Å²) in [5, 5.41) is 15.4. The topological polar surface area (TPSA) is 83.6 Å². The zero-order chi connectivity index (χ0) is 14.7. The molecule has 1 heterocycles. The molecule has 6 heteroatoms. The fraction of sp³-hybridized carbons (Fsp3) is 0.286. The van der Waals surface area contributed by atoms with Crippen LogP contribution in [0.4, 0.5) is 5.69 Å². The lowest BCUT2D eigenvalue weighted by atomic mass is 10.1. The van der Waals surface area contributed by atoms with Gasteiger partial charge < -0.3 is 5.32 Å². The smallest absolute Gasteiger partial charge is 0.252 e. The second kappa shape index (κ2) is 5.53. The van der Waals surface area contributed by atoms with Gasteiger partial charge in [-0.25, -0.2) is 9.67 Å². The lowest BCUT2D eigenvalue weighted by Crippen LogP contribution is -2.20. The Kier molecular flexibility index (Phi) is 3.80. The minimum atomic E-state index is -0.200. The fourth-order valence-electron chi connectivity index (χ4n) is 2.13. The quantitative estimate of drug-likeness (QED) is 0.919.